The highest BCUT2D eigenvalue weighted by Crippen LogP contribution is 2.38. The number of unbranched alkanes of at least 4 members (excludes halogenated alkanes) is 71. The van der Waals surface area contributed by atoms with Gasteiger partial charge in [0.15, 0.2) is 6.10 Å². The van der Waals surface area contributed by atoms with Crippen LogP contribution in [0.25, 0.3) is 0 Å². The maximum Gasteiger partial charge on any atom is 0.306 e. The van der Waals surface area contributed by atoms with Crippen molar-refractivity contribution < 1.29 is 42.1 Å². The van der Waals surface area contributed by atoms with Crippen molar-refractivity contribution >= 4 is 19.8 Å². The van der Waals surface area contributed by atoms with Crippen LogP contribution in [0, 0.1) is 0 Å². The lowest BCUT2D eigenvalue weighted by Gasteiger charge is -2.28. The van der Waals surface area contributed by atoms with E-state index in [1.807, 2.05) is 21.1 Å². The van der Waals surface area contributed by atoms with Gasteiger partial charge < -0.3 is 27.9 Å². The van der Waals surface area contributed by atoms with E-state index in [9.17, 15) is 19.0 Å². The summed E-state index contributed by atoms with van der Waals surface area (Å²) in [5, 5.41) is 0. The van der Waals surface area contributed by atoms with E-state index in [4.69, 9.17) is 18.5 Å². The molecule has 2 unspecified atom stereocenters. The second-order valence-electron chi connectivity index (χ2n) is 32.7. The Morgan fingerprint density at radius 3 is 0.740 bits per heavy atom. The summed E-state index contributed by atoms with van der Waals surface area (Å²) in [6.45, 7) is 4.35. The van der Waals surface area contributed by atoms with Gasteiger partial charge in [-0.05, 0) is 38.5 Å². The SMILES string of the molecule is CCCCCCCCCC/C=C\CCCCCCCCCCCCCCCCCCCCCCCCCCCCCCCC(=O)OC(COC(=O)CCCCCCCCCCCCCCCCCCCCCCCCCCCCCCCCCCCCC)COP(=O)([O-])OCC[N+](C)(C)C. The molecule has 100 heavy (non-hydrogen) atoms. The molecular weight excluding hydrogens is 1250 g/mol. The minimum absolute atomic E-state index is 0.0251. The number of quaternary nitrogens is 1. The van der Waals surface area contributed by atoms with Gasteiger partial charge in [-0.15, -0.1) is 0 Å². The third-order valence-electron chi connectivity index (χ3n) is 21.3. The Bertz CT molecular complexity index is 1690. The molecule has 0 saturated heterocycles. The van der Waals surface area contributed by atoms with E-state index in [0.29, 0.717) is 17.4 Å². The molecule has 0 radical (unpaired) electrons. The minimum Gasteiger partial charge on any atom is -0.756 e. The molecule has 2 atom stereocenters. The van der Waals surface area contributed by atoms with Gasteiger partial charge in [-0.25, -0.2) is 0 Å². The Hall–Kier alpha value is -1.25. The normalized spacial score (nSPS) is 12.9. The molecule has 10 heteroatoms. The lowest BCUT2D eigenvalue weighted by molar-refractivity contribution is -0.870. The topological polar surface area (TPSA) is 111 Å². The van der Waals surface area contributed by atoms with Gasteiger partial charge in [0, 0.05) is 12.8 Å². The molecule has 0 rings (SSSR count). The van der Waals surface area contributed by atoms with Gasteiger partial charge in [-0.2, -0.15) is 0 Å². The third kappa shape index (κ3) is 85.7. The number of hydrogen-bond acceptors (Lipinski definition) is 8. The van der Waals surface area contributed by atoms with Gasteiger partial charge in [-0.3, -0.25) is 14.2 Å². The zero-order valence-corrected chi connectivity index (χ0v) is 69.4. The quantitative estimate of drug-likeness (QED) is 0.0195. The molecule has 0 N–H and O–H groups in total. The van der Waals surface area contributed by atoms with Crippen LogP contribution in [0.2, 0.25) is 0 Å². The summed E-state index contributed by atoms with van der Waals surface area (Å²) in [5.41, 5.74) is 0. The highest BCUT2D eigenvalue weighted by molar-refractivity contribution is 7.45. The number of ether oxygens (including phenoxy) is 2. The molecule has 596 valence electrons. The monoisotopic (exact) mass is 1430 g/mol. The molecule has 0 aliphatic carbocycles. The number of likely N-dealkylation sites (N-methyl/N-ethyl adjacent to an activating group) is 1. The van der Waals surface area contributed by atoms with E-state index in [1.54, 1.807) is 0 Å². The molecule has 9 nitrogen and oxygen atoms in total. The summed E-state index contributed by atoms with van der Waals surface area (Å²) in [4.78, 5) is 38.3. The van der Waals surface area contributed by atoms with Crippen LogP contribution in [0.4, 0.5) is 0 Å². The zero-order valence-electron chi connectivity index (χ0n) is 68.5. The van der Waals surface area contributed by atoms with E-state index >= 15 is 0 Å². The summed E-state index contributed by atoms with van der Waals surface area (Å²) < 4.78 is 34.5. The van der Waals surface area contributed by atoms with Gasteiger partial charge in [0.2, 0.25) is 0 Å². The van der Waals surface area contributed by atoms with Crippen LogP contribution in [0.1, 0.15) is 502 Å². The van der Waals surface area contributed by atoms with Crippen LogP contribution in [0.15, 0.2) is 12.2 Å². The molecular formula is C90H178NO8P. The first-order valence-corrected chi connectivity index (χ1v) is 46.9. The Morgan fingerprint density at radius 1 is 0.300 bits per heavy atom. The fraction of sp³-hybridized carbons (Fsp3) is 0.956. The third-order valence-corrected chi connectivity index (χ3v) is 22.2. The minimum atomic E-state index is -4.64. The molecule has 0 amide bonds. The summed E-state index contributed by atoms with van der Waals surface area (Å²) in [5.74, 6) is -0.799. The zero-order chi connectivity index (χ0) is 72.5. The molecule has 0 spiro atoms. The number of hydrogen-bond donors (Lipinski definition) is 0. The average molecular weight is 1430 g/mol. The van der Waals surface area contributed by atoms with Crippen molar-refractivity contribution in [2.24, 2.45) is 0 Å². The van der Waals surface area contributed by atoms with Crippen molar-refractivity contribution in [3.63, 3.8) is 0 Å². The number of phosphoric acid groups is 1. The lowest BCUT2D eigenvalue weighted by Crippen LogP contribution is -2.37. The molecule has 0 saturated carbocycles. The second-order valence-corrected chi connectivity index (χ2v) is 34.1. The van der Waals surface area contributed by atoms with Gasteiger partial charge >= 0.3 is 11.9 Å². The molecule has 0 aromatic carbocycles. The first-order chi connectivity index (χ1) is 49.0. The van der Waals surface area contributed by atoms with E-state index in [1.165, 1.54) is 437 Å². The van der Waals surface area contributed by atoms with E-state index in [0.717, 1.165) is 32.1 Å². The molecule has 0 fully saturated rings. The number of allylic oxidation sites excluding steroid dienone is 2. The number of esters is 2. The summed E-state index contributed by atoms with van der Waals surface area (Å²) >= 11 is 0. The number of carbonyl (C=O) groups excluding carboxylic acids is 2. The molecule has 0 bridgehead atoms. The molecule has 0 heterocycles. The maximum atomic E-state index is 12.9. The Labute approximate surface area is 626 Å². The summed E-state index contributed by atoms with van der Waals surface area (Å²) in [6, 6.07) is 0. The molecule has 0 aliphatic heterocycles. The van der Waals surface area contributed by atoms with Crippen LogP contribution in [0.5, 0.6) is 0 Å². The lowest BCUT2D eigenvalue weighted by atomic mass is 10.0. The maximum absolute atomic E-state index is 12.9. The number of rotatable bonds is 87. The van der Waals surface area contributed by atoms with Gasteiger partial charge in [0.25, 0.3) is 7.82 Å². The van der Waals surface area contributed by atoms with Crippen molar-refractivity contribution in [3.8, 4) is 0 Å². The first-order valence-electron chi connectivity index (χ1n) is 45.4. The van der Waals surface area contributed by atoms with Crippen molar-refractivity contribution in [3.05, 3.63) is 12.2 Å². The van der Waals surface area contributed by atoms with Gasteiger partial charge in [0.1, 0.15) is 19.8 Å². The smallest absolute Gasteiger partial charge is 0.306 e. The van der Waals surface area contributed by atoms with Gasteiger partial charge in [0.05, 0.1) is 27.7 Å². The number of nitrogens with zero attached hydrogens (tertiary/aromatic N) is 1. The molecule has 0 aromatic heterocycles. The highest BCUT2D eigenvalue weighted by Gasteiger charge is 2.22. The van der Waals surface area contributed by atoms with Crippen LogP contribution in [-0.2, 0) is 32.7 Å². The largest absolute Gasteiger partial charge is 0.756 e. The fourth-order valence-electron chi connectivity index (χ4n) is 14.4. The predicted molar refractivity (Wildman–Crippen MR) is 435 cm³/mol. The standard InChI is InChI=1S/C90H178NO8P/c1-6-8-10-12-14-16-18-20-22-24-26-28-30-32-34-36-38-40-42-43-44-45-46-47-49-51-53-55-57-59-61-63-65-67-69-71-73-75-77-79-81-83-90(93)99-88(87-98-100(94,95)97-85-84-91(3,4)5)86-96-89(92)82-80-78-76-74-72-70-68-66-64-62-60-58-56-54-52-50-48-41-39-37-35-33-31-29-27-25-23-21-19-17-15-13-11-9-7-2/h24,26,88H,6-23,25,27-87H2,1-5H3/b26-24-. The van der Waals surface area contributed by atoms with Crippen LogP contribution >= 0.6 is 7.82 Å². The van der Waals surface area contributed by atoms with Crippen molar-refractivity contribution in [2.75, 3.05) is 47.5 Å². The van der Waals surface area contributed by atoms with Crippen LogP contribution in [-0.4, -0.2) is 70.0 Å². The van der Waals surface area contributed by atoms with E-state index in [-0.39, 0.29) is 32.0 Å². The van der Waals surface area contributed by atoms with Crippen LogP contribution < -0.4 is 4.89 Å². The fourth-order valence-corrected chi connectivity index (χ4v) is 15.1. The van der Waals surface area contributed by atoms with E-state index in [2.05, 4.69) is 26.0 Å². The average Bonchev–Trinajstić information content (AvgIpc) is 1.30. The summed E-state index contributed by atoms with van der Waals surface area (Å²) in [7, 11) is 1.20. The second kappa shape index (κ2) is 81.8. The van der Waals surface area contributed by atoms with Crippen molar-refractivity contribution in [1.82, 2.24) is 0 Å². The van der Waals surface area contributed by atoms with Crippen molar-refractivity contribution in [2.45, 2.75) is 508 Å². The first kappa shape index (κ1) is 98.8. The Morgan fingerprint density at radius 2 is 0.510 bits per heavy atom. The number of phosphoric ester groups is 1. The Kier molecular flexibility index (Phi) is 80.8. The summed E-state index contributed by atoms with van der Waals surface area (Å²) in [6.07, 6.45) is 105. The highest BCUT2D eigenvalue weighted by atomic mass is 31.2. The number of carbonyl (C=O) groups is 2. The predicted octanol–water partition coefficient (Wildman–Crippen LogP) is 29.9. The van der Waals surface area contributed by atoms with Crippen LogP contribution in [0.3, 0.4) is 0 Å². The molecule has 0 aromatic rings. The van der Waals surface area contributed by atoms with E-state index < -0.39 is 26.5 Å². The Balaban J connectivity index is 3.81. The molecule has 0 aliphatic rings. The van der Waals surface area contributed by atoms with Crippen molar-refractivity contribution in [1.29, 1.82) is 0 Å². The van der Waals surface area contributed by atoms with Gasteiger partial charge in [-0.1, -0.05) is 463 Å².